The van der Waals surface area contributed by atoms with Gasteiger partial charge in [0, 0.05) is 32.1 Å². The minimum absolute atomic E-state index is 0.00520. The summed E-state index contributed by atoms with van der Waals surface area (Å²) in [7, 11) is 1.61. The van der Waals surface area contributed by atoms with E-state index < -0.39 is 0 Å². The van der Waals surface area contributed by atoms with Crippen LogP contribution in [-0.4, -0.2) is 54.9 Å². The molecule has 1 aliphatic heterocycles. The van der Waals surface area contributed by atoms with Gasteiger partial charge in [0.05, 0.1) is 12.7 Å². The smallest absolute Gasteiger partial charge is 0.257 e. The predicted molar refractivity (Wildman–Crippen MR) is 106 cm³/mol. The minimum Gasteiger partial charge on any atom is -0.496 e. The molecule has 2 aliphatic rings. The number of ether oxygens (including phenoxy) is 1. The van der Waals surface area contributed by atoms with Crippen LogP contribution in [0, 0.1) is 19.8 Å². The molecule has 5 nitrogen and oxygen atoms in total. The molecular weight excluding hydrogens is 340 g/mol. The Morgan fingerprint density at radius 2 is 1.59 bits per heavy atom. The lowest BCUT2D eigenvalue weighted by Crippen LogP contribution is -2.40. The Bertz CT molecular complexity index is 695. The fraction of sp³-hybridized carbons (Fsp3) is 0.636. The van der Waals surface area contributed by atoms with Crippen molar-refractivity contribution in [3.8, 4) is 5.75 Å². The third kappa shape index (κ3) is 4.45. The molecule has 2 amide bonds. The van der Waals surface area contributed by atoms with Crippen molar-refractivity contribution in [3.63, 3.8) is 0 Å². The van der Waals surface area contributed by atoms with Gasteiger partial charge >= 0.3 is 0 Å². The van der Waals surface area contributed by atoms with Gasteiger partial charge in [0.15, 0.2) is 0 Å². The van der Waals surface area contributed by atoms with E-state index in [1.54, 1.807) is 7.11 Å². The van der Waals surface area contributed by atoms with E-state index in [1.807, 2.05) is 35.8 Å². The number of carbonyl (C=O) groups excluding carboxylic acids is 2. The van der Waals surface area contributed by atoms with Crippen LogP contribution in [0.5, 0.6) is 5.75 Å². The van der Waals surface area contributed by atoms with Gasteiger partial charge in [-0.1, -0.05) is 25.3 Å². The van der Waals surface area contributed by atoms with Crippen LogP contribution in [0.2, 0.25) is 0 Å². The second-order valence-corrected chi connectivity index (χ2v) is 7.97. The minimum atomic E-state index is 0.00520. The largest absolute Gasteiger partial charge is 0.496 e. The molecule has 27 heavy (non-hydrogen) atoms. The lowest BCUT2D eigenvalue weighted by Gasteiger charge is -2.28. The summed E-state index contributed by atoms with van der Waals surface area (Å²) in [5.41, 5.74) is 2.66. The monoisotopic (exact) mass is 372 g/mol. The van der Waals surface area contributed by atoms with Crippen molar-refractivity contribution in [2.24, 2.45) is 5.92 Å². The maximum absolute atomic E-state index is 13.2. The zero-order chi connectivity index (χ0) is 19.4. The van der Waals surface area contributed by atoms with Gasteiger partial charge in [-0.25, -0.2) is 0 Å². The Labute approximate surface area is 162 Å². The van der Waals surface area contributed by atoms with Crippen molar-refractivity contribution in [3.05, 3.63) is 28.8 Å². The van der Waals surface area contributed by atoms with E-state index in [0.29, 0.717) is 36.9 Å². The number of rotatable bonds is 3. The first-order chi connectivity index (χ1) is 13.0. The van der Waals surface area contributed by atoms with Crippen LogP contribution in [0.3, 0.4) is 0 Å². The van der Waals surface area contributed by atoms with E-state index >= 15 is 0 Å². The first-order valence-electron chi connectivity index (χ1n) is 10.2. The van der Waals surface area contributed by atoms with Crippen molar-refractivity contribution in [1.82, 2.24) is 9.80 Å². The van der Waals surface area contributed by atoms with Crippen LogP contribution in [-0.2, 0) is 4.79 Å². The summed E-state index contributed by atoms with van der Waals surface area (Å²) in [6, 6.07) is 3.94. The first-order valence-corrected chi connectivity index (χ1v) is 10.2. The number of hydrogen-bond acceptors (Lipinski definition) is 3. The van der Waals surface area contributed by atoms with Crippen molar-refractivity contribution >= 4 is 11.8 Å². The quantitative estimate of drug-likeness (QED) is 0.815. The Balaban J connectivity index is 1.69. The Morgan fingerprint density at radius 3 is 2.30 bits per heavy atom. The number of hydrogen-bond donors (Lipinski definition) is 0. The van der Waals surface area contributed by atoms with Gasteiger partial charge in [0.2, 0.25) is 5.91 Å². The SMILES string of the molecule is COc1c(C)cc(C)cc1C(=O)N1CCCN(C(=O)C2CCCCC2)CC1. The number of carbonyl (C=O) groups is 2. The molecule has 148 valence electrons. The van der Waals surface area contributed by atoms with Gasteiger partial charge in [0.25, 0.3) is 5.91 Å². The summed E-state index contributed by atoms with van der Waals surface area (Å²) in [6.45, 7) is 6.62. The highest BCUT2D eigenvalue weighted by molar-refractivity contribution is 5.97. The van der Waals surface area contributed by atoms with Gasteiger partial charge in [0.1, 0.15) is 5.75 Å². The van der Waals surface area contributed by atoms with Gasteiger partial charge < -0.3 is 14.5 Å². The number of amides is 2. The number of benzene rings is 1. The first kappa shape index (κ1) is 19.7. The van der Waals surface area contributed by atoms with Crippen molar-refractivity contribution in [1.29, 1.82) is 0 Å². The van der Waals surface area contributed by atoms with E-state index in [4.69, 9.17) is 4.74 Å². The summed E-state index contributed by atoms with van der Waals surface area (Å²) >= 11 is 0. The molecule has 1 aromatic carbocycles. The molecule has 2 fully saturated rings. The second-order valence-electron chi connectivity index (χ2n) is 7.97. The fourth-order valence-corrected chi connectivity index (χ4v) is 4.50. The zero-order valence-corrected chi connectivity index (χ0v) is 16.9. The predicted octanol–water partition coefficient (Wildman–Crippen LogP) is 3.57. The van der Waals surface area contributed by atoms with Crippen LogP contribution in [0.15, 0.2) is 12.1 Å². The number of nitrogens with zero attached hydrogens (tertiary/aromatic N) is 2. The molecule has 0 N–H and O–H groups in total. The molecule has 0 bridgehead atoms. The molecule has 0 unspecified atom stereocenters. The summed E-state index contributed by atoms with van der Waals surface area (Å²) in [6.07, 6.45) is 6.47. The van der Waals surface area contributed by atoms with Gasteiger partial charge in [-0.15, -0.1) is 0 Å². The lowest BCUT2D eigenvalue weighted by atomic mass is 9.88. The van der Waals surface area contributed by atoms with E-state index in [9.17, 15) is 9.59 Å². The molecule has 1 aromatic rings. The van der Waals surface area contributed by atoms with Crippen molar-refractivity contribution in [2.45, 2.75) is 52.4 Å². The van der Waals surface area contributed by atoms with E-state index in [-0.39, 0.29) is 11.8 Å². The summed E-state index contributed by atoms with van der Waals surface area (Å²) < 4.78 is 5.50. The second kappa shape index (κ2) is 8.77. The van der Waals surface area contributed by atoms with E-state index in [1.165, 1.54) is 19.3 Å². The maximum atomic E-state index is 13.2. The van der Waals surface area contributed by atoms with Gasteiger partial charge in [-0.2, -0.15) is 0 Å². The number of methoxy groups -OCH3 is 1. The standard InChI is InChI=1S/C22H32N2O3/c1-16-14-17(2)20(27-3)19(15-16)22(26)24-11-7-10-23(12-13-24)21(25)18-8-5-4-6-9-18/h14-15,18H,4-13H2,1-3H3. The molecule has 3 rings (SSSR count). The maximum Gasteiger partial charge on any atom is 0.257 e. The van der Waals surface area contributed by atoms with Gasteiger partial charge in [-0.05, 0) is 50.3 Å². The van der Waals surface area contributed by atoms with Crippen LogP contribution in [0.25, 0.3) is 0 Å². The average Bonchev–Trinajstić information content (AvgIpc) is 2.93. The Kier molecular flexibility index (Phi) is 6.40. The van der Waals surface area contributed by atoms with Gasteiger partial charge in [-0.3, -0.25) is 9.59 Å². The fourth-order valence-electron chi connectivity index (χ4n) is 4.50. The molecule has 1 aliphatic carbocycles. The van der Waals surface area contributed by atoms with Crippen molar-refractivity contribution in [2.75, 3.05) is 33.3 Å². The molecule has 1 saturated heterocycles. The summed E-state index contributed by atoms with van der Waals surface area (Å²) in [4.78, 5) is 29.9. The third-order valence-electron chi connectivity index (χ3n) is 5.90. The van der Waals surface area contributed by atoms with Crippen LogP contribution >= 0.6 is 0 Å². The average molecular weight is 373 g/mol. The number of aryl methyl sites for hydroxylation is 2. The van der Waals surface area contributed by atoms with Crippen LogP contribution in [0.4, 0.5) is 0 Å². The van der Waals surface area contributed by atoms with Crippen LogP contribution in [0.1, 0.15) is 60.0 Å². The summed E-state index contributed by atoms with van der Waals surface area (Å²) in [5.74, 6) is 1.16. The molecule has 1 saturated carbocycles. The molecule has 5 heteroatoms. The molecule has 0 aromatic heterocycles. The summed E-state index contributed by atoms with van der Waals surface area (Å²) in [5, 5.41) is 0. The Hall–Kier alpha value is -2.04. The zero-order valence-electron chi connectivity index (χ0n) is 16.9. The Morgan fingerprint density at radius 1 is 0.926 bits per heavy atom. The highest BCUT2D eigenvalue weighted by Crippen LogP contribution is 2.28. The highest BCUT2D eigenvalue weighted by Gasteiger charge is 2.29. The molecule has 0 atom stereocenters. The molecule has 0 radical (unpaired) electrons. The lowest BCUT2D eigenvalue weighted by molar-refractivity contribution is -0.136. The normalized spacial score (nSPS) is 18.9. The van der Waals surface area contributed by atoms with E-state index in [2.05, 4.69) is 0 Å². The topological polar surface area (TPSA) is 49.9 Å². The molecular formula is C22H32N2O3. The van der Waals surface area contributed by atoms with E-state index in [0.717, 1.165) is 36.9 Å². The third-order valence-corrected chi connectivity index (χ3v) is 5.90. The van der Waals surface area contributed by atoms with Crippen LogP contribution < -0.4 is 4.74 Å². The molecule has 0 spiro atoms. The molecule has 1 heterocycles. The van der Waals surface area contributed by atoms with Crippen molar-refractivity contribution < 1.29 is 14.3 Å². The highest BCUT2D eigenvalue weighted by atomic mass is 16.5.